The summed E-state index contributed by atoms with van der Waals surface area (Å²) in [6, 6.07) is 7.20. The van der Waals surface area contributed by atoms with E-state index in [1.807, 2.05) is 36.0 Å². The van der Waals surface area contributed by atoms with Gasteiger partial charge in [0.25, 0.3) is 0 Å². The van der Waals surface area contributed by atoms with Gasteiger partial charge in [-0.3, -0.25) is 0 Å². The molecule has 0 aliphatic carbocycles. The quantitative estimate of drug-likeness (QED) is 0.786. The Morgan fingerprint density at radius 3 is 2.95 bits per heavy atom. The third kappa shape index (κ3) is 1.84. The molecule has 2 aromatic heterocycles. The van der Waals surface area contributed by atoms with E-state index in [-0.39, 0.29) is 5.76 Å². The number of carboxylic acids is 1. The van der Waals surface area contributed by atoms with Crippen molar-refractivity contribution < 1.29 is 14.4 Å². The van der Waals surface area contributed by atoms with Gasteiger partial charge in [0.05, 0.1) is 5.52 Å². The van der Waals surface area contributed by atoms with Gasteiger partial charge in [-0.05, 0) is 15.9 Å². The second kappa shape index (κ2) is 4.24. The van der Waals surface area contributed by atoms with Crippen LogP contribution in [-0.4, -0.2) is 20.8 Å². The molecule has 0 bridgehead atoms. The van der Waals surface area contributed by atoms with Crippen LogP contribution in [0.15, 0.2) is 39.5 Å². The Balaban J connectivity index is 2.27. The number of nitrogens with zero attached hydrogens (tertiary/aromatic N) is 2. The van der Waals surface area contributed by atoms with Gasteiger partial charge in [-0.1, -0.05) is 23.4 Å². The Morgan fingerprint density at radius 2 is 2.26 bits per heavy atom. The number of halogens is 1. The first-order chi connectivity index (χ1) is 9.08. The number of fused-ring (bicyclic) bond motifs is 1. The van der Waals surface area contributed by atoms with E-state index in [1.54, 1.807) is 0 Å². The summed E-state index contributed by atoms with van der Waals surface area (Å²) >= 11 is 3.49. The predicted molar refractivity (Wildman–Crippen MR) is 73.1 cm³/mol. The zero-order valence-electron chi connectivity index (χ0n) is 9.92. The van der Waals surface area contributed by atoms with E-state index in [4.69, 9.17) is 9.63 Å². The average molecular weight is 321 g/mol. The first-order valence-corrected chi connectivity index (χ1v) is 6.31. The normalized spacial score (nSPS) is 11.1. The summed E-state index contributed by atoms with van der Waals surface area (Å²) in [5.41, 5.74) is 2.32. The van der Waals surface area contributed by atoms with Gasteiger partial charge in [0.15, 0.2) is 0 Å². The minimum absolute atomic E-state index is 0.166. The summed E-state index contributed by atoms with van der Waals surface area (Å²) in [5, 5.41) is 13.7. The molecule has 3 rings (SSSR count). The highest BCUT2D eigenvalue weighted by Gasteiger charge is 2.16. The zero-order chi connectivity index (χ0) is 13.6. The van der Waals surface area contributed by atoms with Gasteiger partial charge in [0.1, 0.15) is 5.69 Å². The van der Waals surface area contributed by atoms with Crippen molar-refractivity contribution in [3.8, 4) is 11.3 Å². The number of hydrogen-bond acceptors (Lipinski definition) is 3. The Hall–Kier alpha value is -2.08. The van der Waals surface area contributed by atoms with Crippen LogP contribution in [0, 0.1) is 0 Å². The molecule has 2 heterocycles. The summed E-state index contributed by atoms with van der Waals surface area (Å²) in [6.07, 6.45) is 1.95. The lowest BCUT2D eigenvalue weighted by Gasteiger charge is -2.02. The molecule has 0 radical (unpaired) electrons. The van der Waals surface area contributed by atoms with E-state index < -0.39 is 5.97 Å². The molecule has 0 saturated heterocycles. The number of aryl methyl sites for hydroxylation is 1. The molecule has 3 aromatic rings. The molecule has 0 unspecified atom stereocenters. The minimum atomic E-state index is -1.13. The highest BCUT2D eigenvalue weighted by molar-refractivity contribution is 9.10. The second-order valence-corrected chi connectivity index (χ2v) is 5.03. The van der Waals surface area contributed by atoms with Crippen LogP contribution in [0.3, 0.4) is 0 Å². The van der Waals surface area contributed by atoms with Crippen LogP contribution < -0.4 is 0 Å². The maximum absolute atomic E-state index is 10.8. The lowest BCUT2D eigenvalue weighted by atomic mass is 10.1. The van der Waals surface area contributed by atoms with E-state index in [0.29, 0.717) is 5.69 Å². The molecule has 6 heteroatoms. The molecule has 5 nitrogen and oxygen atoms in total. The summed E-state index contributed by atoms with van der Waals surface area (Å²) < 4.78 is 7.75. The van der Waals surface area contributed by atoms with Crippen molar-refractivity contribution in [2.75, 3.05) is 0 Å². The van der Waals surface area contributed by atoms with Crippen LogP contribution in [0.1, 0.15) is 10.6 Å². The molecule has 0 fully saturated rings. The molecule has 0 atom stereocenters. The number of carbonyl (C=O) groups is 1. The second-order valence-electron chi connectivity index (χ2n) is 4.17. The van der Waals surface area contributed by atoms with Crippen LogP contribution in [0.4, 0.5) is 0 Å². The van der Waals surface area contributed by atoms with Gasteiger partial charge in [-0.2, -0.15) is 0 Å². The Morgan fingerprint density at radius 1 is 1.47 bits per heavy atom. The molecule has 1 aromatic carbocycles. The maximum atomic E-state index is 10.8. The van der Waals surface area contributed by atoms with Gasteiger partial charge in [-0.15, -0.1) is 0 Å². The molecule has 1 N–H and O–H groups in total. The summed E-state index contributed by atoms with van der Waals surface area (Å²) in [7, 11) is 1.93. The van der Waals surface area contributed by atoms with E-state index >= 15 is 0 Å². The van der Waals surface area contributed by atoms with Gasteiger partial charge in [0, 0.05) is 34.7 Å². The van der Waals surface area contributed by atoms with Crippen molar-refractivity contribution in [3.63, 3.8) is 0 Å². The maximum Gasteiger partial charge on any atom is 0.374 e. The number of carboxylic acid groups (broad SMARTS) is 1. The van der Waals surface area contributed by atoms with Crippen molar-refractivity contribution in [2.45, 2.75) is 0 Å². The SMILES string of the molecule is Cn1cc(Br)c2cccc(-c3cc(C(=O)O)on3)c21. The Labute approximate surface area is 116 Å². The number of hydrogen-bond donors (Lipinski definition) is 1. The highest BCUT2D eigenvalue weighted by atomic mass is 79.9. The Bertz CT molecular complexity index is 788. The number of benzene rings is 1. The molecular weight excluding hydrogens is 312 g/mol. The highest BCUT2D eigenvalue weighted by Crippen LogP contribution is 2.33. The molecule has 0 aliphatic rings. The van der Waals surface area contributed by atoms with Gasteiger partial charge in [0.2, 0.25) is 5.76 Å². The van der Waals surface area contributed by atoms with Crippen molar-refractivity contribution in [1.82, 2.24) is 9.72 Å². The van der Waals surface area contributed by atoms with Crippen molar-refractivity contribution in [1.29, 1.82) is 0 Å². The first-order valence-electron chi connectivity index (χ1n) is 5.52. The number of rotatable bonds is 2. The molecule has 0 saturated carbocycles. The van der Waals surface area contributed by atoms with Crippen LogP contribution in [-0.2, 0) is 7.05 Å². The van der Waals surface area contributed by atoms with Gasteiger partial charge >= 0.3 is 5.97 Å². The lowest BCUT2D eigenvalue weighted by molar-refractivity contribution is 0.0652. The number of aromatic nitrogens is 2. The fraction of sp³-hybridized carbons (Fsp3) is 0.0769. The minimum Gasteiger partial charge on any atom is -0.475 e. The predicted octanol–water partition coefficient (Wildman–Crippen LogP) is 3.29. The van der Waals surface area contributed by atoms with Crippen molar-refractivity contribution >= 4 is 32.8 Å². The van der Waals surface area contributed by atoms with E-state index in [0.717, 1.165) is 20.9 Å². The van der Waals surface area contributed by atoms with Crippen molar-refractivity contribution in [2.24, 2.45) is 7.05 Å². The number of para-hydroxylation sites is 1. The average Bonchev–Trinajstić information content (AvgIpc) is 2.96. The monoisotopic (exact) mass is 320 g/mol. The molecule has 0 amide bonds. The molecular formula is C13H9BrN2O3. The first kappa shape index (κ1) is 12.0. The lowest BCUT2D eigenvalue weighted by Crippen LogP contribution is -1.91. The largest absolute Gasteiger partial charge is 0.475 e. The zero-order valence-corrected chi connectivity index (χ0v) is 11.5. The van der Waals surface area contributed by atoms with Crippen LogP contribution in [0.2, 0.25) is 0 Å². The Kier molecular flexibility index (Phi) is 2.67. The number of aromatic carboxylic acids is 1. The third-order valence-electron chi connectivity index (χ3n) is 2.95. The fourth-order valence-corrected chi connectivity index (χ4v) is 2.76. The topological polar surface area (TPSA) is 68.3 Å². The smallest absolute Gasteiger partial charge is 0.374 e. The standard InChI is InChI=1S/C13H9BrN2O3/c1-16-6-9(14)7-3-2-4-8(12(7)16)10-5-11(13(17)18)19-15-10/h2-6H,1H3,(H,17,18). The molecule has 19 heavy (non-hydrogen) atoms. The van der Waals surface area contributed by atoms with E-state index in [9.17, 15) is 4.79 Å². The van der Waals surface area contributed by atoms with E-state index in [2.05, 4.69) is 21.1 Å². The molecule has 96 valence electrons. The third-order valence-corrected chi connectivity index (χ3v) is 3.58. The van der Waals surface area contributed by atoms with Gasteiger partial charge < -0.3 is 14.2 Å². The fourth-order valence-electron chi connectivity index (χ4n) is 2.13. The summed E-state index contributed by atoms with van der Waals surface area (Å²) in [5.74, 6) is -1.29. The summed E-state index contributed by atoms with van der Waals surface area (Å²) in [4.78, 5) is 10.8. The van der Waals surface area contributed by atoms with Gasteiger partial charge in [-0.25, -0.2) is 4.79 Å². The summed E-state index contributed by atoms with van der Waals surface area (Å²) in [6.45, 7) is 0. The van der Waals surface area contributed by atoms with Crippen LogP contribution in [0.25, 0.3) is 22.2 Å². The molecule has 0 spiro atoms. The van der Waals surface area contributed by atoms with Crippen LogP contribution in [0.5, 0.6) is 0 Å². The van der Waals surface area contributed by atoms with Crippen molar-refractivity contribution in [3.05, 3.63) is 40.7 Å². The van der Waals surface area contributed by atoms with Crippen LogP contribution >= 0.6 is 15.9 Å². The molecule has 0 aliphatic heterocycles. The van der Waals surface area contributed by atoms with E-state index in [1.165, 1.54) is 6.07 Å².